The lowest BCUT2D eigenvalue weighted by Crippen LogP contribution is -2.64. The average molecular weight is 812 g/mol. The summed E-state index contributed by atoms with van der Waals surface area (Å²) >= 11 is 0. The Labute approximate surface area is 337 Å². The van der Waals surface area contributed by atoms with Gasteiger partial charge in [-0.1, -0.05) is 49.6 Å². The van der Waals surface area contributed by atoms with E-state index in [1.807, 2.05) is 51.1 Å². The summed E-state index contributed by atoms with van der Waals surface area (Å²) in [5, 5.41) is 17.9. The topological polar surface area (TPSA) is 201 Å². The number of likely N-dealkylation sites (tertiary alicyclic amines) is 1. The second-order valence-electron chi connectivity index (χ2n) is 17.2. The number of unbranched alkanes of at least 4 members (excludes halogenated alkanes) is 1. The minimum atomic E-state index is -3.96. The maximum atomic E-state index is 14.6. The van der Waals surface area contributed by atoms with Gasteiger partial charge in [0.05, 0.1) is 22.4 Å². The van der Waals surface area contributed by atoms with Crippen molar-refractivity contribution in [3.05, 3.63) is 66.0 Å². The molecule has 2 fully saturated rings. The molecule has 0 spiro atoms. The number of amides is 3. The Bertz CT molecular complexity index is 1800. The number of hydrogen-bond donors (Lipinski definition) is 4. The number of fused-ring (bicyclic) bond motifs is 1. The van der Waals surface area contributed by atoms with Crippen molar-refractivity contribution >= 4 is 39.5 Å². The molecule has 1 aliphatic heterocycles. The Morgan fingerprint density at radius 1 is 0.930 bits per heavy atom. The smallest absolute Gasteiger partial charge is 0.306 e. The highest BCUT2D eigenvalue weighted by Gasteiger charge is 2.47. The van der Waals surface area contributed by atoms with E-state index >= 15 is 0 Å². The lowest BCUT2D eigenvalue weighted by Gasteiger charge is -2.47. The number of piperidine rings is 1. The zero-order valence-corrected chi connectivity index (χ0v) is 35.0. The summed E-state index contributed by atoms with van der Waals surface area (Å²) < 4.78 is 30.9. The number of rotatable bonds is 18. The molecule has 4 rings (SSSR count). The molecule has 2 aliphatic rings. The second-order valence-corrected chi connectivity index (χ2v) is 19.8. The van der Waals surface area contributed by atoms with Gasteiger partial charge in [0.1, 0.15) is 12.1 Å². The number of esters is 1. The lowest BCUT2D eigenvalue weighted by atomic mass is 9.72. The largest absolute Gasteiger partial charge is 0.481 e. The van der Waals surface area contributed by atoms with Gasteiger partial charge >= 0.3 is 11.9 Å². The number of carbonyl (C=O) groups excluding carboxylic acids is 4. The van der Waals surface area contributed by atoms with Gasteiger partial charge in [0.15, 0.2) is 9.84 Å². The van der Waals surface area contributed by atoms with Crippen LogP contribution in [0.4, 0.5) is 0 Å². The number of sulfone groups is 1. The molecule has 2 heterocycles. The SMILES string of the molecule is CC(C)(C)NC(=O)[C@@H]1C[C@@H]2CCCC[C@@H]2CN1C[C@@H](OC(=O)CCCCC(=O)O)[C@H](Cc1ccccc1)NC(=O)[C@@H](NC(=O)c1cccnc1)C(C)(C)S(C)(=O)=O. The first-order chi connectivity index (χ1) is 26.7. The first-order valence-electron chi connectivity index (χ1n) is 20.0. The summed E-state index contributed by atoms with van der Waals surface area (Å²) in [4.78, 5) is 72.9. The molecule has 6 atom stereocenters. The molecule has 314 valence electrons. The van der Waals surface area contributed by atoms with E-state index in [1.54, 1.807) is 6.07 Å². The van der Waals surface area contributed by atoms with Gasteiger partial charge in [-0.25, -0.2) is 8.42 Å². The van der Waals surface area contributed by atoms with Crippen LogP contribution in [0, 0.1) is 11.8 Å². The molecular formula is C42H61N5O9S. The highest BCUT2D eigenvalue weighted by Crippen LogP contribution is 2.39. The molecule has 1 aromatic heterocycles. The van der Waals surface area contributed by atoms with E-state index in [9.17, 15) is 32.4 Å². The number of nitrogens with one attached hydrogen (secondary N) is 3. The highest BCUT2D eigenvalue weighted by atomic mass is 32.2. The summed E-state index contributed by atoms with van der Waals surface area (Å²) in [5.74, 6) is -2.52. The molecule has 2 aromatic rings. The zero-order chi connectivity index (χ0) is 42.0. The Balaban J connectivity index is 1.76. The third-order valence-electron chi connectivity index (χ3n) is 11.2. The van der Waals surface area contributed by atoms with Crippen molar-refractivity contribution in [2.45, 2.75) is 133 Å². The van der Waals surface area contributed by atoms with Crippen LogP contribution in [-0.2, 0) is 40.2 Å². The maximum Gasteiger partial charge on any atom is 0.306 e. The van der Waals surface area contributed by atoms with E-state index in [0.29, 0.717) is 24.8 Å². The van der Waals surface area contributed by atoms with Crippen LogP contribution in [0.1, 0.15) is 108 Å². The van der Waals surface area contributed by atoms with Crippen LogP contribution in [0.2, 0.25) is 0 Å². The number of nitrogens with zero attached hydrogens (tertiary/aromatic N) is 2. The number of hydrogen-bond acceptors (Lipinski definition) is 10. The first kappa shape index (κ1) is 45.3. The molecule has 15 heteroatoms. The molecule has 1 saturated heterocycles. The fourth-order valence-electron chi connectivity index (χ4n) is 7.77. The van der Waals surface area contributed by atoms with Crippen molar-refractivity contribution in [2.75, 3.05) is 19.3 Å². The van der Waals surface area contributed by atoms with Gasteiger partial charge in [0.25, 0.3) is 5.91 Å². The Hall–Kier alpha value is -4.37. The number of ether oxygens (including phenoxy) is 1. The number of benzene rings is 1. The van der Waals surface area contributed by atoms with E-state index in [2.05, 4.69) is 25.8 Å². The van der Waals surface area contributed by atoms with Crippen molar-refractivity contribution < 1.29 is 42.2 Å². The van der Waals surface area contributed by atoms with Crippen molar-refractivity contribution in [2.24, 2.45) is 11.8 Å². The number of carboxylic acids is 1. The number of pyridine rings is 1. The van der Waals surface area contributed by atoms with Gasteiger partial charge < -0.3 is 25.8 Å². The van der Waals surface area contributed by atoms with Gasteiger partial charge in [0, 0.05) is 50.1 Å². The molecule has 3 amide bonds. The predicted molar refractivity (Wildman–Crippen MR) is 216 cm³/mol. The Morgan fingerprint density at radius 2 is 1.60 bits per heavy atom. The third-order valence-corrected chi connectivity index (χ3v) is 13.4. The Kier molecular flexibility index (Phi) is 15.8. The normalized spacial score (nSPS) is 20.6. The summed E-state index contributed by atoms with van der Waals surface area (Å²) in [6.45, 7) is 9.14. The van der Waals surface area contributed by atoms with Crippen LogP contribution in [-0.4, -0.2) is 107 Å². The molecule has 57 heavy (non-hydrogen) atoms. The lowest BCUT2D eigenvalue weighted by molar-refractivity contribution is -0.155. The highest BCUT2D eigenvalue weighted by molar-refractivity contribution is 7.92. The molecule has 14 nitrogen and oxygen atoms in total. The quantitative estimate of drug-likeness (QED) is 0.125. The monoisotopic (exact) mass is 811 g/mol. The molecule has 0 radical (unpaired) electrons. The van der Waals surface area contributed by atoms with E-state index < -0.39 is 68.1 Å². The minimum absolute atomic E-state index is 0.0701. The number of aliphatic carboxylic acids is 1. The molecule has 0 unspecified atom stereocenters. The van der Waals surface area contributed by atoms with Gasteiger partial charge in [-0.15, -0.1) is 0 Å². The van der Waals surface area contributed by atoms with Gasteiger partial charge in [-0.3, -0.25) is 33.9 Å². The average Bonchev–Trinajstić information content (AvgIpc) is 3.14. The predicted octanol–water partition coefficient (Wildman–Crippen LogP) is 4.08. The zero-order valence-electron chi connectivity index (χ0n) is 34.2. The number of aromatic nitrogens is 1. The standard InChI is InChI=1S/C42H61N5O9S/c1-41(2,3)46-39(52)33-24-29-17-10-11-18-31(29)26-47(33)27-34(56-36(50)21-13-12-20-35(48)49)32(23-28-15-8-7-9-16-28)44-40(53)37(42(4,5)57(6,54)55)45-38(51)30-19-14-22-43-25-30/h7-9,14-16,19,22,25,29,31-34,37H,10-13,17-18,20-21,23-24,26-27H2,1-6H3,(H,44,53)(H,45,51)(H,46,52)(H,48,49)/t29-,31+,32-,33-,34+,37+/m0/s1. The fraction of sp³-hybridized carbons (Fsp3) is 0.619. The van der Waals surface area contributed by atoms with Crippen molar-refractivity contribution in [3.63, 3.8) is 0 Å². The van der Waals surface area contributed by atoms with E-state index in [0.717, 1.165) is 37.5 Å². The van der Waals surface area contributed by atoms with Crippen LogP contribution >= 0.6 is 0 Å². The van der Waals surface area contributed by atoms with Crippen LogP contribution < -0.4 is 16.0 Å². The van der Waals surface area contributed by atoms with Crippen LogP contribution in [0.15, 0.2) is 54.9 Å². The van der Waals surface area contributed by atoms with Crippen molar-refractivity contribution in [1.82, 2.24) is 25.8 Å². The minimum Gasteiger partial charge on any atom is -0.481 e. The third kappa shape index (κ3) is 13.3. The maximum absolute atomic E-state index is 14.6. The van der Waals surface area contributed by atoms with E-state index in [4.69, 9.17) is 9.84 Å². The first-order valence-corrected chi connectivity index (χ1v) is 21.9. The number of carbonyl (C=O) groups is 5. The van der Waals surface area contributed by atoms with Gasteiger partial charge in [-0.05, 0) is 96.3 Å². The summed E-state index contributed by atoms with van der Waals surface area (Å²) in [7, 11) is -3.96. The summed E-state index contributed by atoms with van der Waals surface area (Å²) in [5.41, 5.74) is 0.414. The molecular weight excluding hydrogens is 751 g/mol. The van der Waals surface area contributed by atoms with Gasteiger partial charge in [0.2, 0.25) is 11.8 Å². The van der Waals surface area contributed by atoms with Crippen LogP contribution in [0.5, 0.6) is 0 Å². The molecule has 4 N–H and O–H groups in total. The summed E-state index contributed by atoms with van der Waals surface area (Å²) in [6.07, 6.45) is 8.11. The van der Waals surface area contributed by atoms with E-state index in [-0.39, 0.29) is 50.1 Å². The molecule has 1 aromatic carbocycles. The molecule has 0 bridgehead atoms. The summed E-state index contributed by atoms with van der Waals surface area (Å²) in [6, 6.07) is 9.20. The van der Waals surface area contributed by atoms with Crippen LogP contribution in [0.25, 0.3) is 0 Å². The molecule has 1 aliphatic carbocycles. The fourth-order valence-corrected chi connectivity index (χ4v) is 8.36. The van der Waals surface area contributed by atoms with Crippen LogP contribution in [0.3, 0.4) is 0 Å². The van der Waals surface area contributed by atoms with Crippen molar-refractivity contribution in [1.29, 1.82) is 0 Å². The van der Waals surface area contributed by atoms with Crippen molar-refractivity contribution in [3.8, 4) is 0 Å². The van der Waals surface area contributed by atoms with E-state index in [1.165, 1.54) is 32.3 Å². The van der Waals surface area contributed by atoms with Gasteiger partial charge in [-0.2, -0.15) is 0 Å². The number of carboxylic acid groups (broad SMARTS) is 1. The second kappa shape index (κ2) is 19.9. The molecule has 1 saturated carbocycles. The Morgan fingerprint density at radius 3 is 2.21 bits per heavy atom.